The van der Waals surface area contributed by atoms with Crippen LogP contribution < -0.4 is 5.32 Å². The largest absolute Gasteiger partial charge is 0.347 e. The number of hydrogen-bond acceptors (Lipinski definition) is 4. The van der Waals surface area contributed by atoms with Crippen LogP contribution in [-0.4, -0.2) is 10.9 Å². The Labute approximate surface area is 109 Å². The van der Waals surface area contributed by atoms with E-state index in [2.05, 4.69) is 10.3 Å². The molecule has 0 spiro atoms. The first-order chi connectivity index (χ1) is 8.70. The van der Waals surface area contributed by atoms with E-state index >= 15 is 0 Å². The minimum Gasteiger partial charge on any atom is -0.347 e. The van der Waals surface area contributed by atoms with Crippen molar-refractivity contribution in [2.45, 2.75) is 13.5 Å². The lowest BCUT2D eigenvalue weighted by atomic mass is 10.2. The Bertz CT molecular complexity index is 613. The van der Waals surface area contributed by atoms with Gasteiger partial charge in [-0.15, -0.1) is 11.3 Å². The average molecular weight is 257 g/mol. The summed E-state index contributed by atoms with van der Waals surface area (Å²) in [6, 6.07) is 5.51. The standard InChI is InChI=1S/C13H11N3OS/c1-9-2-3-18-12(9)8-16-13(17)11-4-10(5-14)6-15-7-11/h2-4,6-7H,8H2,1H3,(H,16,17). The first-order valence-electron chi connectivity index (χ1n) is 5.37. The van der Waals surface area contributed by atoms with E-state index in [0.29, 0.717) is 17.7 Å². The molecule has 0 aromatic carbocycles. The van der Waals surface area contributed by atoms with E-state index < -0.39 is 0 Å². The zero-order chi connectivity index (χ0) is 13.0. The van der Waals surface area contributed by atoms with Gasteiger partial charge in [-0.1, -0.05) is 0 Å². The first-order valence-corrected chi connectivity index (χ1v) is 6.25. The lowest BCUT2D eigenvalue weighted by Gasteiger charge is -2.04. The molecule has 0 aliphatic carbocycles. The van der Waals surface area contributed by atoms with Crippen molar-refractivity contribution in [1.29, 1.82) is 5.26 Å². The van der Waals surface area contributed by atoms with Crippen LogP contribution in [0.15, 0.2) is 29.9 Å². The van der Waals surface area contributed by atoms with Crippen molar-refractivity contribution in [2.75, 3.05) is 0 Å². The molecular weight excluding hydrogens is 246 g/mol. The van der Waals surface area contributed by atoms with Crippen LogP contribution in [0.3, 0.4) is 0 Å². The molecule has 0 fully saturated rings. The van der Waals surface area contributed by atoms with Crippen LogP contribution in [0.1, 0.15) is 26.4 Å². The number of hydrogen-bond donors (Lipinski definition) is 1. The lowest BCUT2D eigenvalue weighted by Crippen LogP contribution is -2.22. The Morgan fingerprint density at radius 1 is 1.56 bits per heavy atom. The quantitative estimate of drug-likeness (QED) is 0.917. The second kappa shape index (κ2) is 5.43. The Morgan fingerprint density at radius 2 is 2.39 bits per heavy atom. The summed E-state index contributed by atoms with van der Waals surface area (Å²) in [4.78, 5) is 16.9. The molecule has 0 saturated heterocycles. The maximum atomic E-state index is 11.9. The summed E-state index contributed by atoms with van der Waals surface area (Å²) in [6.45, 7) is 2.51. The van der Waals surface area contributed by atoms with Crippen molar-refractivity contribution in [2.24, 2.45) is 0 Å². The fourth-order valence-electron chi connectivity index (χ4n) is 1.47. The molecule has 18 heavy (non-hydrogen) atoms. The number of amides is 1. The molecule has 2 heterocycles. The van der Waals surface area contributed by atoms with Crippen molar-refractivity contribution in [1.82, 2.24) is 10.3 Å². The van der Waals surface area contributed by atoms with E-state index in [1.54, 1.807) is 11.3 Å². The van der Waals surface area contributed by atoms with E-state index in [0.717, 1.165) is 4.88 Å². The van der Waals surface area contributed by atoms with Gasteiger partial charge in [0.15, 0.2) is 0 Å². The highest BCUT2D eigenvalue weighted by Gasteiger charge is 2.08. The summed E-state index contributed by atoms with van der Waals surface area (Å²) in [6.07, 6.45) is 2.89. The van der Waals surface area contributed by atoms with Crippen molar-refractivity contribution >= 4 is 17.2 Å². The molecule has 2 aromatic heterocycles. The number of aromatic nitrogens is 1. The molecule has 2 aromatic rings. The summed E-state index contributed by atoms with van der Waals surface area (Å²) in [5.41, 5.74) is 1.96. The monoisotopic (exact) mass is 257 g/mol. The van der Waals surface area contributed by atoms with Gasteiger partial charge in [0, 0.05) is 17.3 Å². The van der Waals surface area contributed by atoms with E-state index in [1.807, 2.05) is 24.4 Å². The predicted molar refractivity (Wildman–Crippen MR) is 69.2 cm³/mol. The van der Waals surface area contributed by atoms with Gasteiger partial charge in [0.2, 0.25) is 0 Å². The van der Waals surface area contributed by atoms with Crippen LogP contribution in [0.25, 0.3) is 0 Å². The molecule has 0 aliphatic rings. The van der Waals surface area contributed by atoms with Gasteiger partial charge in [-0.25, -0.2) is 0 Å². The summed E-state index contributed by atoms with van der Waals surface area (Å²) in [5.74, 6) is -0.215. The van der Waals surface area contributed by atoms with Crippen LogP contribution in [0, 0.1) is 18.3 Å². The van der Waals surface area contributed by atoms with Crippen LogP contribution in [0.2, 0.25) is 0 Å². The van der Waals surface area contributed by atoms with E-state index in [9.17, 15) is 4.79 Å². The minimum atomic E-state index is -0.215. The normalized spacial score (nSPS) is 9.78. The second-order valence-corrected chi connectivity index (χ2v) is 4.78. The number of nitrogens with one attached hydrogen (secondary N) is 1. The third-order valence-electron chi connectivity index (χ3n) is 2.51. The summed E-state index contributed by atoms with van der Waals surface area (Å²) < 4.78 is 0. The Hall–Kier alpha value is -2.19. The molecule has 1 N–H and O–H groups in total. The van der Waals surface area contributed by atoms with E-state index in [4.69, 9.17) is 5.26 Å². The molecule has 0 saturated carbocycles. The number of aryl methyl sites for hydroxylation is 1. The van der Waals surface area contributed by atoms with Gasteiger partial charge in [-0.3, -0.25) is 9.78 Å². The maximum absolute atomic E-state index is 11.9. The topological polar surface area (TPSA) is 65.8 Å². The van der Waals surface area contributed by atoms with Crippen molar-refractivity contribution in [3.63, 3.8) is 0 Å². The van der Waals surface area contributed by atoms with Crippen LogP contribution >= 0.6 is 11.3 Å². The average Bonchev–Trinajstić information content (AvgIpc) is 2.81. The van der Waals surface area contributed by atoms with Gasteiger partial charge >= 0.3 is 0 Å². The van der Waals surface area contributed by atoms with Crippen LogP contribution in [0.4, 0.5) is 0 Å². The molecule has 0 atom stereocenters. The number of nitriles is 1. The van der Waals surface area contributed by atoms with Gasteiger partial charge in [0.05, 0.1) is 17.7 Å². The molecule has 5 heteroatoms. The number of thiophene rings is 1. The number of rotatable bonds is 3. The Morgan fingerprint density at radius 3 is 3.06 bits per heavy atom. The van der Waals surface area contributed by atoms with E-state index in [1.165, 1.54) is 24.0 Å². The molecule has 4 nitrogen and oxygen atoms in total. The third-order valence-corrected chi connectivity index (χ3v) is 3.53. The van der Waals surface area contributed by atoms with Crippen molar-refractivity contribution < 1.29 is 4.79 Å². The second-order valence-electron chi connectivity index (χ2n) is 3.78. The van der Waals surface area contributed by atoms with Crippen LogP contribution in [-0.2, 0) is 6.54 Å². The van der Waals surface area contributed by atoms with Crippen LogP contribution in [0.5, 0.6) is 0 Å². The van der Waals surface area contributed by atoms with Crippen molar-refractivity contribution in [3.8, 4) is 6.07 Å². The number of nitrogens with zero attached hydrogens (tertiary/aromatic N) is 2. The number of carbonyl (C=O) groups is 1. The van der Waals surface area contributed by atoms with Gasteiger partial charge in [-0.2, -0.15) is 5.26 Å². The van der Waals surface area contributed by atoms with Crippen molar-refractivity contribution in [3.05, 3.63) is 51.5 Å². The molecule has 0 unspecified atom stereocenters. The molecule has 90 valence electrons. The first kappa shape index (κ1) is 12.3. The highest BCUT2D eigenvalue weighted by atomic mass is 32.1. The SMILES string of the molecule is Cc1ccsc1CNC(=O)c1cncc(C#N)c1. The fourth-order valence-corrected chi connectivity index (χ4v) is 2.32. The highest BCUT2D eigenvalue weighted by Crippen LogP contribution is 2.15. The summed E-state index contributed by atoms with van der Waals surface area (Å²) in [5, 5.41) is 13.6. The van der Waals surface area contributed by atoms with Gasteiger partial charge in [-0.05, 0) is 30.0 Å². The fraction of sp³-hybridized carbons (Fsp3) is 0.154. The molecule has 1 amide bonds. The molecule has 2 rings (SSSR count). The Kier molecular flexibility index (Phi) is 3.70. The summed E-state index contributed by atoms with van der Waals surface area (Å²) >= 11 is 1.61. The molecule has 0 bridgehead atoms. The summed E-state index contributed by atoms with van der Waals surface area (Å²) in [7, 11) is 0. The lowest BCUT2D eigenvalue weighted by molar-refractivity contribution is 0.0951. The minimum absolute atomic E-state index is 0.215. The molecule has 0 aliphatic heterocycles. The smallest absolute Gasteiger partial charge is 0.253 e. The van der Waals surface area contributed by atoms with E-state index in [-0.39, 0.29) is 5.91 Å². The van der Waals surface area contributed by atoms with Gasteiger partial charge in [0.1, 0.15) is 6.07 Å². The number of pyridine rings is 1. The molecular formula is C13H11N3OS. The van der Waals surface area contributed by atoms with Gasteiger partial charge < -0.3 is 5.32 Å². The maximum Gasteiger partial charge on any atom is 0.253 e. The highest BCUT2D eigenvalue weighted by molar-refractivity contribution is 7.10. The third kappa shape index (κ3) is 2.73. The zero-order valence-corrected chi connectivity index (χ0v) is 10.6. The molecule has 0 radical (unpaired) electrons. The predicted octanol–water partition coefficient (Wildman–Crippen LogP) is 2.25. The van der Waals surface area contributed by atoms with Gasteiger partial charge in [0.25, 0.3) is 5.91 Å². The Balaban J connectivity index is 2.04. The number of carbonyl (C=O) groups excluding carboxylic acids is 1. The zero-order valence-electron chi connectivity index (χ0n) is 9.80.